The van der Waals surface area contributed by atoms with Crippen molar-refractivity contribution in [3.05, 3.63) is 77.3 Å². The van der Waals surface area contributed by atoms with Gasteiger partial charge in [0, 0.05) is 5.70 Å². The zero-order valence-corrected chi connectivity index (χ0v) is 20.3. The number of hydrogen-bond donors (Lipinski definition) is 1. The zero-order valence-electron chi connectivity index (χ0n) is 20.3. The summed E-state index contributed by atoms with van der Waals surface area (Å²) >= 11 is 0. The summed E-state index contributed by atoms with van der Waals surface area (Å²) in [5, 5.41) is 7.32. The largest absolute Gasteiger partial charge is 0.492 e. The molecule has 3 aromatic rings. The van der Waals surface area contributed by atoms with Gasteiger partial charge in [0.05, 0.1) is 24.5 Å². The highest BCUT2D eigenvalue weighted by Gasteiger charge is 2.38. The molecule has 0 bridgehead atoms. The predicted octanol–water partition coefficient (Wildman–Crippen LogP) is 3.87. The molecule has 1 atom stereocenters. The van der Waals surface area contributed by atoms with E-state index in [0.717, 1.165) is 11.1 Å². The van der Waals surface area contributed by atoms with E-state index in [4.69, 9.17) is 9.47 Å². The molecule has 182 valence electrons. The van der Waals surface area contributed by atoms with E-state index in [0.29, 0.717) is 35.3 Å². The van der Waals surface area contributed by atoms with Crippen molar-refractivity contribution in [2.24, 2.45) is 0 Å². The van der Waals surface area contributed by atoms with Crippen molar-refractivity contribution >= 4 is 23.5 Å². The number of nitrogens with one attached hydrogen (secondary N) is 1. The maximum absolute atomic E-state index is 13.1. The van der Waals surface area contributed by atoms with Gasteiger partial charge in [-0.3, -0.25) is 4.79 Å². The minimum absolute atomic E-state index is 0.0749. The number of carbonyl (C=O) groups is 2. The number of fused-ring (bicyclic) bond motifs is 1. The maximum atomic E-state index is 13.1. The van der Waals surface area contributed by atoms with Crippen molar-refractivity contribution in [3.8, 4) is 5.75 Å². The summed E-state index contributed by atoms with van der Waals surface area (Å²) in [6, 6.07) is 14.6. The first-order valence-corrected chi connectivity index (χ1v) is 11.6. The number of nitrogens with zero attached hydrogens (tertiary/aromatic N) is 4. The van der Waals surface area contributed by atoms with Gasteiger partial charge in [0.25, 0.3) is 0 Å². The number of rotatable bonds is 8. The molecule has 2 heterocycles. The van der Waals surface area contributed by atoms with Gasteiger partial charge in [0.2, 0.25) is 11.9 Å². The molecule has 0 aliphatic carbocycles. The second-order valence-electron chi connectivity index (χ2n) is 8.10. The van der Waals surface area contributed by atoms with Crippen LogP contribution >= 0.6 is 0 Å². The van der Waals surface area contributed by atoms with E-state index in [1.807, 2.05) is 50.2 Å². The summed E-state index contributed by atoms with van der Waals surface area (Å²) in [6.45, 7) is 8.08. The Balaban J connectivity index is 1.71. The number of hydrogen-bond acceptors (Lipinski definition) is 7. The number of amides is 1. The van der Waals surface area contributed by atoms with E-state index in [9.17, 15) is 9.59 Å². The van der Waals surface area contributed by atoms with Gasteiger partial charge in [-0.15, -0.1) is 0 Å². The Morgan fingerprint density at radius 2 is 1.77 bits per heavy atom. The summed E-state index contributed by atoms with van der Waals surface area (Å²) in [6.07, 6.45) is 1.42. The fourth-order valence-corrected chi connectivity index (χ4v) is 4.13. The second kappa shape index (κ2) is 10.4. The third-order valence-corrected chi connectivity index (χ3v) is 5.76. The van der Waals surface area contributed by atoms with Gasteiger partial charge in [-0.2, -0.15) is 10.1 Å². The molecular weight excluding hydrogens is 446 g/mol. The molecule has 1 amide bonds. The van der Waals surface area contributed by atoms with E-state index < -0.39 is 12.0 Å². The van der Waals surface area contributed by atoms with Crippen LogP contribution in [0.1, 0.15) is 37.9 Å². The van der Waals surface area contributed by atoms with E-state index in [2.05, 4.69) is 15.4 Å². The van der Waals surface area contributed by atoms with Gasteiger partial charge in [-0.1, -0.05) is 42.0 Å². The highest BCUT2D eigenvalue weighted by Crippen LogP contribution is 2.38. The van der Waals surface area contributed by atoms with E-state index in [-0.39, 0.29) is 19.1 Å². The number of benzene rings is 2. The number of allylic oxidation sites excluding steroid dienone is 1. The average molecular weight is 476 g/mol. The Bertz CT molecular complexity index is 1250. The zero-order chi connectivity index (χ0) is 24.9. The van der Waals surface area contributed by atoms with Crippen LogP contribution in [-0.2, 0) is 14.3 Å². The van der Waals surface area contributed by atoms with Crippen LogP contribution in [0.4, 0.5) is 11.6 Å². The number of carbonyl (C=O) groups excluding carboxylic acids is 2. The molecule has 35 heavy (non-hydrogen) atoms. The lowest BCUT2D eigenvalue weighted by Gasteiger charge is -2.35. The molecule has 9 heteroatoms. The van der Waals surface area contributed by atoms with Crippen molar-refractivity contribution in [3.63, 3.8) is 0 Å². The summed E-state index contributed by atoms with van der Waals surface area (Å²) in [5.74, 6) is 0.310. The number of aromatic nitrogens is 3. The quantitative estimate of drug-likeness (QED) is 0.494. The highest BCUT2D eigenvalue weighted by molar-refractivity contribution is 5.97. The molecule has 1 N–H and O–H groups in total. The lowest BCUT2D eigenvalue weighted by atomic mass is 9.94. The van der Waals surface area contributed by atoms with Gasteiger partial charge < -0.3 is 19.7 Å². The van der Waals surface area contributed by atoms with Gasteiger partial charge in [-0.05, 0) is 45.4 Å². The number of anilines is 2. The van der Waals surface area contributed by atoms with Crippen LogP contribution in [0.3, 0.4) is 0 Å². The van der Waals surface area contributed by atoms with E-state index >= 15 is 0 Å². The molecule has 0 fully saturated rings. The van der Waals surface area contributed by atoms with Crippen molar-refractivity contribution in [1.29, 1.82) is 0 Å². The number of esters is 1. The van der Waals surface area contributed by atoms with Gasteiger partial charge in [-0.25, -0.2) is 9.48 Å². The van der Waals surface area contributed by atoms with Crippen molar-refractivity contribution < 1.29 is 19.1 Å². The molecule has 2 aromatic carbocycles. The van der Waals surface area contributed by atoms with Crippen molar-refractivity contribution in [2.75, 3.05) is 30.0 Å². The molecule has 0 saturated carbocycles. The fraction of sp³-hybridized carbons (Fsp3) is 0.308. The minimum Gasteiger partial charge on any atom is -0.492 e. The number of para-hydroxylation sites is 2. The molecule has 1 aliphatic heterocycles. The Morgan fingerprint density at radius 3 is 2.49 bits per heavy atom. The van der Waals surface area contributed by atoms with Crippen molar-refractivity contribution in [2.45, 2.75) is 33.7 Å². The summed E-state index contributed by atoms with van der Waals surface area (Å²) in [4.78, 5) is 32.3. The normalized spacial score (nSPS) is 15.0. The van der Waals surface area contributed by atoms with Crippen molar-refractivity contribution in [1.82, 2.24) is 14.8 Å². The first-order chi connectivity index (χ1) is 16.9. The lowest BCUT2D eigenvalue weighted by Crippen LogP contribution is -2.40. The minimum atomic E-state index is -0.523. The Morgan fingerprint density at radius 1 is 1.03 bits per heavy atom. The van der Waals surface area contributed by atoms with Crippen LogP contribution in [0.15, 0.2) is 66.1 Å². The fourth-order valence-electron chi connectivity index (χ4n) is 4.13. The molecular formula is C26H29N5O4. The molecule has 1 aliphatic rings. The third kappa shape index (κ3) is 4.89. The lowest BCUT2D eigenvalue weighted by molar-refractivity contribution is -0.139. The predicted molar refractivity (Wildman–Crippen MR) is 132 cm³/mol. The third-order valence-electron chi connectivity index (χ3n) is 5.76. The first kappa shape index (κ1) is 24.0. The number of ether oxygens (including phenoxy) is 2. The Labute approximate surface area is 204 Å². The van der Waals surface area contributed by atoms with E-state index in [1.165, 1.54) is 6.33 Å². The molecule has 1 unspecified atom stereocenters. The second-order valence-corrected chi connectivity index (χ2v) is 8.10. The average Bonchev–Trinajstić information content (AvgIpc) is 3.32. The molecule has 1 aromatic heterocycles. The number of aryl methyl sites for hydroxylation is 1. The van der Waals surface area contributed by atoms with Crippen LogP contribution in [-0.4, -0.2) is 46.4 Å². The molecule has 4 rings (SSSR count). The Kier molecular flexibility index (Phi) is 7.14. The van der Waals surface area contributed by atoms with Gasteiger partial charge in [0.15, 0.2) is 0 Å². The summed E-state index contributed by atoms with van der Waals surface area (Å²) < 4.78 is 12.7. The molecule has 0 saturated heterocycles. The van der Waals surface area contributed by atoms with Crippen LogP contribution in [0.2, 0.25) is 0 Å². The SMILES string of the molecule is CCOC(=O)C1=C(C)N(CC(=O)Nc2ccccc2OCC)c2ncnn2C1c1ccc(C)cc1. The van der Waals surface area contributed by atoms with Gasteiger partial charge >= 0.3 is 5.97 Å². The smallest absolute Gasteiger partial charge is 0.338 e. The molecule has 0 spiro atoms. The van der Waals surface area contributed by atoms with E-state index in [1.54, 1.807) is 35.6 Å². The topological polar surface area (TPSA) is 98.6 Å². The van der Waals surface area contributed by atoms with Crippen LogP contribution < -0.4 is 15.0 Å². The van der Waals surface area contributed by atoms with Crippen LogP contribution in [0.25, 0.3) is 0 Å². The summed E-state index contributed by atoms with van der Waals surface area (Å²) in [7, 11) is 0. The first-order valence-electron chi connectivity index (χ1n) is 11.6. The maximum Gasteiger partial charge on any atom is 0.338 e. The summed E-state index contributed by atoms with van der Waals surface area (Å²) in [5.41, 5.74) is 3.55. The monoisotopic (exact) mass is 475 g/mol. The van der Waals surface area contributed by atoms with Crippen LogP contribution in [0.5, 0.6) is 5.75 Å². The molecule has 9 nitrogen and oxygen atoms in total. The van der Waals surface area contributed by atoms with Gasteiger partial charge in [0.1, 0.15) is 24.7 Å². The van der Waals surface area contributed by atoms with Crippen LogP contribution in [0, 0.1) is 6.92 Å². The standard InChI is InChI=1S/C26H29N5O4/c1-5-34-21-10-8-7-9-20(21)29-22(32)15-30-18(4)23(25(33)35-6-2)24(31-26(30)27-16-28-31)19-13-11-17(3)12-14-19/h7-14,16,24H,5-6,15H2,1-4H3,(H,29,32). The highest BCUT2D eigenvalue weighted by atomic mass is 16.5. The Hall–Kier alpha value is -4.14. The molecule has 0 radical (unpaired) electrons.